The van der Waals surface area contributed by atoms with Gasteiger partial charge in [0, 0.05) is 16.6 Å². The summed E-state index contributed by atoms with van der Waals surface area (Å²) < 4.78 is 11.2. The molecule has 0 amide bonds. The quantitative estimate of drug-likeness (QED) is 0.830. The maximum atomic E-state index is 11.2. The molecule has 4 nitrogen and oxygen atoms in total. The molecule has 1 aromatic carbocycles. The van der Waals surface area contributed by atoms with Crippen LogP contribution in [0.25, 0.3) is 0 Å². The zero-order valence-corrected chi connectivity index (χ0v) is 8.66. The molecular formula is C10H9NO3S. The predicted molar refractivity (Wildman–Crippen MR) is 55.7 cm³/mol. The minimum absolute atomic E-state index is 0.0305. The molecule has 15 heavy (non-hydrogen) atoms. The second kappa shape index (κ2) is 5.27. The normalized spacial score (nSPS) is 11.7. The molecule has 1 rings (SSSR count). The molecule has 0 aliphatic carbocycles. The molecule has 0 heterocycles. The molecule has 0 radical (unpaired) electrons. The highest BCUT2D eigenvalue weighted by atomic mass is 32.2. The van der Waals surface area contributed by atoms with Gasteiger partial charge in [0.05, 0.1) is 11.6 Å². The first kappa shape index (κ1) is 11.4. The van der Waals surface area contributed by atoms with E-state index in [4.69, 9.17) is 10.4 Å². The van der Waals surface area contributed by atoms with Gasteiger partial charge >= 0.3 is 5.97 Å². The van der Waals surface area contributed by atoms with Crippen LogP contribution in [0.2, 0.25) is 0 Å². The molecule has 1 atom stereocenters. The SMILES string of the molecule is N#CCS(=O)Cc1cccc(C(=O)O)c1. The third kappa shape index (κ3) is 3.52. The molecule has 0 aromatic heterocycles. The fourth-order valence-corrected chi connectivity index (χ4v) is 1.90. The van der Waals surface area contributed by atoms with E-state index in [0.717, 1.165) is 0 Å². The van der Waals surface area contributed by atoms with Gasteiger partial charge in [0.25, 0.3) is 0 Å². The van der Waals surface area contributed by atoms with E-state index in [-0.39, 0.29) is 17.1 Å². The summed E-state index contributed by atoms with van der Waals surface area (Å²) in [5.41, 5.74) is 0.838. The van der Waals surface area contributed by atoms with Gasteiger partial charge < -0.3 is 5.11 Å². The molecule has 1 unspecified atom stereocenters. The summed E-state index contributed by atoms with van der Waals surface area (Å²) in [6, 6.07) is 8.05. The number of carboxylic acid groups (broad SMARTS) is 1. The third-order valence-corrected chi connectivity index (χ3v) is 2.83. The number of aromatic carboxylic acids is 1. The van der Waals surface area contributed by atoms with E-state index in [2.05, 4.69) is 0 Å². The number of nitrogens with zero attached hydrogens (tertiary/aromatic N) is 1. The summed E-state index contributed by atoms with van der Waals surface area (Å²) >= 11 is 0. The van der Waals surface area contributed by atoms with Gasteiger partial charge in [0.1, 0.15) is 5.75 Å². The molecule has 1 N–H and O–H groups in total. The van der Waals surface area contributed by atoms with Gasteiger partial charge in [-0.05, 0) is 17.7 Å². The molecular weight excluding hydrogens is 214 g/mol. The van der Waals surface area contributed by atoms with Crippen molar-refractivity contribution in [3.8, 4) is 6.07 Å². The molecule has 1 aromatic rings. The maximum absolute atomic E-state index is 11.2. The number of nitriles is 1. The second-order valence-electron chi connectivity index (χ2n) is 2.89. The van der Waals surface area contributed by atoms with Crippen LogP contribution in [0.15, 0.2) is 24.3 Å². The van der Waals surface area contributed by atoms with Gasteiger partial charge in [-0.25, -0.2) is 4.79 Å². The molecule has 0 aliphatic heterocycles. The van der Waals surface area contributed by atoms with Gasteiger partial charge in [-0.3, -0.25) is 4.21 Å². The Morgan fingerprint density at radius 1 is 1.53 bits per heavy atom. The number of hydrogen-bond donors (Lipinski definition) is 1. The lowest BCUT2D eigenvalue weighted by Gasteiger charge is -2.00. The fourth-order valence-electron chi connectivity index (χ4n) is 1.10. The van der Waals surface area contributed by atoms with Crippen LogP contribution in [-0.2, 0) is 16.6 Å². The minimum atomic E-state index is -1.25. The zero-order valence-electron chi connectivity index (χ0n) is 7.84. The summed E-state index contributed by atoms with van der Waals surface area (Å²) in [5, 5.41) is 17.0. The number of rotatable bonds is 4. The molecule has 5 heteroatoms. The van der Waals surface area contributed by atoms with Crippen LogP contribution in [0, 0.1) is 11.3 Å². The second-order valence-corrected chi connectivity index (χ2v) is 4.35. The van der Waals surface area contributed by atoms with Crippen molar-refractivity contribution < 1.29 is 14.1 Å². The van der Waals surface area contributed by atoms with Crippen LogP contribution in [0.4, 0.5) is 0 Å². The van der Waals surface area contributed by atoms with Crippen molar-refractivity contribution in [3.05, 3.63) is 35.4 Å². The van der Waals surface area contributed by atoms with Crippen LogP contribution >= 0.6 is 0 Å². The topological polar surface area (TPSA) is 78.2 Å². The van der Waals surface area contributed by atoms with Crippen LogP contribution in [0.5, 0.6) is 0 Å². The first-order valence-corrected chi connectivity index (χ1v) is 5.66. The van der Waals surface area contributed by atoms with Crippen molar-refractivity contribution in [2.75, 3.05) is 5.75 Å². The monoisotopic (exact) mass is 223 g/mol. The average molecular weight is 223 g/mol. The van der Waals surface area contributed by atoms with E-state index in [1.54, 1.807) is 12.1 Å². The summed E-state index contributed by atoms with van der Waals surface area (Å²) in [6.45, 7) is 0. The van der Waals surface area contributed by atoms with Gasteiger partial charge in [0.15, 0.2) is 0 Å². The first-order valence-electron chi connectivity index (χ1n) is 4.17. The van der Waals surface area contributed by atoms with E-state index < -0.39 is 16.8 Å². The number of benzene rings is 1. The minimum Gasteiger partial charge on any atom is -0.478 e. The molecule has 0 saturated heterocycles. The van der Waals surface area contributed by atoms with Gasteiger partial charge in [-0.15, -0.1) is 0 Å². The van der Waals surface area contributed by atoms with Crippen LogP contribution in [0.3, 0.4) is 0 Å². The number of hydrogen-bond acceptors (Lipinski definition) is 3. The Kier molecular flexibility index (Phi) is 4.01. The number of carboxylic acids is 1. The van der Waals surface area contributed by atoms with Gasteiger partial charge in [-0.2, -0.15) is 5.26 Å². The first-order chi connectivity index (χ1) is 7.13. The van der Waals surface area contributed by atoms with Crippen molar-refractivity contribution in [3.63, 3.8) is 0 Å². The Labute approximate surface area is 89.6 Å². The Hall–Kier alpha value is -1.67. The standard InChI is InChI=1S/C10H9NO3S/c11-4-5-15(14)7-8-2-1-3-9(6-8)10(12)13/h1-3,6H,5,7H2,(H,12,13). The third-order valence-electron chi connectivity index (χ3n) is 1.73. The van der Waals surface area contributed by atoms with Crippen molar-refractivity contribution in [2.24, 2.45) is 0 Å². The Balaban J connectivity index is 2.79. The highest BCUT2D eigenvalue weighted by molar-refractivity contribution is 7.84. The Morgan fingerprint density at radius 3 is 2.87 bits per heavy atom. The molecule has 0 bridgehead atoms. The highest BCUT2D eigenvalue weighted by Gasteiger charge is 2.05. The van der Waals surface area contributed by atoms with E-state index in [1.165, 1.54) is 12.1 Å². The van der Waals surface area contributed by atoms with E-state index in [1.807, 2.05) is 6.07 Å². The summed E-state index contributed by atoms with van der Waals surface area (Å²) in [6.07, 6.45) is 0. The smallest absolute Gasteiger partial charge is 0.335 e. The Bertz CT molecular complexity index is 437. The van der Waals surface area contributed by atoms with Crippen molar-refractivity contribution in [1.29, 1.82) is 5.26 Å². The average Bonchev–Trinajstić information content (AvgIpc) is 2.18. The fraction of sp³-hybridized carbons (Fsp3) is 0.200. The van der Waals surface area contributed by atoms with Crippen LogP contribution in [0.1, 0.15) is 15.9 Å². The molecule has 0 fully saturated rings. The lowest BCUT2D eigenvalue weighted by Crippen LogP contribution is -2.01. The van der Waals surface area contributed by atoms with Crippen LogP contribution in [-0.4, -0.2) is 21.0 Å². The Morgan fingerprint density at radius 2 is 2.27 bits per heavy atom. The summed E-state index contributed by atoms with van der Waals surface area (Å²) in [5.74, 6) is -0.825. The molecule has 78 valence electrons. The van der Waals surface area contributed by atoms with Gasteiger partial charge in [0.2, 0.25) is 0 Å². The lowest BCUT2D eigenvalue weighted by atomic mass is 10.1. The van der Waals surface area contributed by atoms with Crippen molar-refractivity contribution in [2.45, 2.75) is 5.75 Å². The summed E-state index contributed by atoms with van der Waals surface area (Å²) in [7, 11) is -1.25. The lowest BCUT2D eigenvalue weighted by molar-refractivity contribution is 0.0697. The highest BCUT2D eigenvalue weighted by Crippen LogP contribution is 2.07. The predicted octanol–water partition coefficient (Wildman–Crippen LogP) is 1.16. The number of carbonyl (C=O) groups is 1. The molecule has 0 saturated carbocycles. The van der Waals surface area contributed by atoms with E-state index >= 15 is 0 Å². The largest absolute Gasteiger partial charge is 0.478 e. The molecule has 0 aliphatic rings. The molecule has 0 spiro atoms. The maximum Gasteiger partial charge on any atom is 0.335 e. The van der Waals surface area contributed by atoms with E-state index in [9.17, 15) is 9.00 Å². The zero-order chi connectivity index (χ0) is 11.3. The van der Waals surface area contributed by atoms with Crippen LogP contribution < -0.4 is 0 Å². The van der Waals surface area contributed by atoms with Gasteiger partial charge in [-0.1, -0.05) is 12.1 Å². The van der Waals surface area contributed by atoms with Crippen molar-refractivity contribution in [1.82, 2.24) is 0 Å². The summed E-state index contributed by atoms with van der Waals surface area (Å²) in [4.78, 5) is 10.6. The van der Waals surface area contributed by atoms with Crippen molar-refractivity contribution >= 4 is 16.8 Å². The van der Waals surface area contributed by atoms with E-state index in [0.29, 0.717) is 5.56 Å².